The fourth-order valence-electron chi connectivity index (χ4n) is 2.48. The number of amides is 2. The smallest absolute Gasteiger partial charge is 0.332 e. The van der Waals surface area contributed by atoms with Crippen LogP contribution < -0.4 is 5.32 Å². The summed E-state index contributed by atoms with van der Waals surface area (Å²) in [5, 5.41) is 2.80. The number of fused-ring (bicyclic) bond motifs is 1. The molecule has 0 aromatic carbocycles. The second-order valence-electron chi connectivity index (χ2n) is 4.25. The molecule has 82 valence electrons. The minimum atomic E-state index is -0.269. The van der Waals surface area contributed by atoms with Crippen LogP contribution in [-0.4, -0.2) is 23.6 Å². The molecule has 1 heterocycles. The van der Waals surface area contributed by atoms with E-state index in [1.165, 1.54) is 0 Å². The summed E-state index contributed by atoms with van der Waals surface area (Å²) in [6.45, 7) is 2.06. The lowest BCUT2D eigenvalue weighted by Gasteiger charge is -2.33. The van der Waals surface area contributed by atoms with Crippen LogP contribution in [0.2, 0.25) is 0 Å². The SMILES string of the molecule is CCCC1NC(=O)N=C2CCCC(=O)C21. The molecule has 1 aliphatic carbocycles. The molecule has 1 aliphatic heterocycles. The zero-order valence-corrected chi connectivity index (χ0v) is 8.95. The molecule has 1 fully saturated rings. The topological polar surface area (TPSA) is 58.5 Å². The molecule has 0 aromatic rings. The first-order chi connectivity index (χ1) is 7.22. The van der Waals surface area contributed by atoms with E-state index in [2.05, 4.69) is 17.2 Å². The van der Waals surface area contributed by atoms with Crippen LogP contribution in [0.25, 0.3) is 0 Å². The number of hydrogen-bond donors (Lipinski definition) is 1. The number of nitrogens with one attached hydrogen (secondary N) is 1. The van der Waals surface area contributed by atoms with Gasteiger partial charge >= 0.3 is 6.03 Å². The number of carbonyl (C=O) groups is 2. The van der Waals surface area contributed by atoms with Gasteiger partial charge in [-0.25, -0.2) is 9.79 Å². The molecule has 0 saturated heterocycles. The van der Waals surface area contributed by atoms with Gasteiger partial charge in [0.2, 0.25) is 0 Å². The molecule has 1 saturated carbocycles. The van der Waals surface area contributed by atoms with Crippen molar-refractivity contribution < 1.29 is 9.59 Å². The Bertz CT molecular complexity index is 323. The molecule has 0 spiro atoms. The maximum atomic E-state index is 11.8. The first-order valence-electron chi connectivity index (χ1n) is 5.63. The van der Waals surface area contributed by atoms with Gasteiger partial charge in [-0.3, -0.25) is 4.79 Å². The van der Waals surface area contributed by atoms with Crippen LogP contribution in [0.5, 0.6) is 0 Å². The standard InChI is InChI=1S/C11H16N2O2/c1-2-4-7-10-8(13-11(15)12-7)5-3-6-9(10)14/h7,10H,2-6H2,1H3,(H,12,15). The van der Waals surface area contributed by atoms with Crippen LogP contribution in [0.1, 0.15) is 39.0 Å². The van der Waals surface area contributed by atoms with Crippen molar-refractivity contribution in [2.24, 2.45) is 10.9 Å². The van der Waals surface area contributed by atoms with E-state index in [1.807, 2.05) is 0 Å². The monoisotopic (exact) mass is 208 g/mol. The summed E-state index contributed by atoms with van der Waals surface area (Å²) in [7, 11) is 0. The molecular weight excluding hydrogens is 192 g/mol. The van der Waals surface area contributed by atoms with Gasteiger partial charge < -0.3 is 5.32 Å². The average molecular weight is 208 g/mol. The van der Waals surface area contributed by atoms with Crippen molar-refractivity contribution in [2.45, 2.75) is 45.1 Å². The summed E-state index contributed by atoms with van der Waals surface area (Å²) in [6.07, 6.45) is 4.13. The molecule has 2 atom stereocenters. The summed E-state index contributed by atoms with van der Waals surface area (Å²) in [6, 6.07) is -0.280. The molecule has 2 unspecified atom stereocenters. The third-order valence-electron chi connectivity index (χ3n) is 3.12. The lowest BCUT2D eigenvalue weighted by atomic mass is 9.79. The van der Waals surface area contributed by atoms with Gasteiger partial charge in [-0.2, -0.15) is 0 Å². The predicted octanol–water partition coefficient (Wildman–Crippen LogP) is 1.69. The van der Waals surface area contributed by atoms with Crippen molar-refractivity contribution in [3.8, 4) is 0 Å². The van der Waals surface area contributed by atoms with E-state index in [1.54, 1.807) is 0 Å². The Kier molecular flexibility index (Phi) is 2.84. The van der Waals surface area contributed by atoms with E-state index in [0.29, 0.717) is 6.42 Å². The Balaban J connectivity index is 2.24. The van der Waals surface area contributed by atoms with Crippen LogP contribution in [0.4, 0.5) is 4.79 Å². The predicted molar refractivity (Wildman–Crippen MR) is 57.0 cm³/mol. The van der Waals surface area contributed by atoms with Gasteiger partial charge in [-0.15, -0.1) is 0 Å². The molecule has 4 nitrogen and oxygen atoms in total. The van der Waals surface area contributed by atoms with E-state index in [9.17, 15) is 9.59 Å². The van der Waals surface area contributed by atoms with Gasteiger partial charge in [-0.05, 0) is 19.3 Å². The maximum Gasteiger partial charge on any atom is 0.341 e. The van der Waals surface area contributed by atoms with Gasteiger partial charge in [0, 0.05) is 18.2 Å². The van der Waals surface area contributed by atoms with Crippen molar-refractivity contribution in [1.29, 1.82) is 0 Å². The summed E-state index contributed by atoms with van der Waals surface area (Å²) in [5.41, 5.74) is 0.813. The normalized spacial score (nSPS) is 30.6. The van der Waals surface area contributed by atoms with E-state index in [0.717, 1.165) is 31.4 Å². The highest BCUT2D eigenvalue weighted by Crippen LogP contribution is 2.26. The Labute approximate surface area is 89.1 Å². The number of aliphatic imine (C=N–C) groups is 1. The average Bonchev–Trinajstić information content (AvgIpc) is 2.17. The molecule has 4 heteroatoms. The number of hydrogen-bond acceptors (Lipinski definition) is 2. The van der Waals surface area contributed by atoms with Gasteiger partial charge in [0.1, 0.15) is 5.78 Å². The van der Waals surface area contributed by atoms with Gasteiger partial charge in [-0.1, -0.05) is 13.3 Å². The second kappa shape index (κ2) is 4.13. The Hall–Kier alpha value is -1.19. The fraction of sp³-hybridized carbons (Fsp3) is 0.727. The van der Waals surface area contributed by atoms with Crippen molar-refractivity contribution in [2.75, 3.05) is 0 Å². The van der Waals surface area contributed by atoms with E-state index in [-0.39, 0.29) is 23.8 Å². The maximum absolute atomic E-state index is 11.8. The number of ketones is 1. The summed E-state index contributed by atoms with van der Waals surface area (Å²) in [4.78, 5) is 27.0. The quantitative estimate of drug-likeness (QED) is 0.750. The Morgan fingerprint density at radius 1 is 1.40 bits per heavy atom. The first kappa shape index (κ1) is 10.3. The summed E-state index contributed by atoms with van der Waals surface area (Å²) in [5.74, 6) is 0.120. The molecular formula is C11H16N2O2. The molecule has 2 rings (SSSR count). The lowest BCUT2D eigenvalue weighted by molar-refractivity contribution is -0.122. The molecule has 2 aliphatic rings. The Morgan fingerprint density at radius 3 is 2.93 bits per heavy atom. The zero-order chi connectivity index (χ0) is 10.8. The minimum absolute atomic E-state index is 0.0113. The summed E-state index contributed by atoms with van der Waals surface area (Å²) >= 11 is 0. The highest BCUT2D eigenvalue weighted by atomic mass is 16.2. The number of carbonyl (C=O) groups excluding carboxylic acids is 2. The van der Waals surface area contributed by atoms with Crippen LogP contribution in [-0.2, 0) is 4.79 Å². The van der Waals surface area contributed by atoms with E-state index in [4.69, 9.17) is 0 Å². The number of urea groups is 1. The third-order valence-corrected chi connectivity index (χ3v) is 3.12. The van der Waals surface area contributed by atoms with Crippen LogP contribution >= 0.6 is 0 Å². The number of nitrogens with zero attached hydrogens (tertiary/aromatic N) is 1. The van der Waals surface area contributed by atoms with Gasteiger partial charge in [0.15, 0.2) is 0 Å². The highest BCUT2D eigenvalue weighted by Gasteiger charge is 2.38. The Morgan fingerprint density at radius 2 is 2.20 bits per heavy atom. The van der Waals surface area contributed by atoms with Crippen molar-refractivity contribution in [3.63, 3.8) is 0 Å². The second-order valence-corrected chi connectivity index (χ2v) is 4.25. The van der Waals surface area contributed by atoms with Gasteiger partial charge in [0.05, 0.1) is 5.92 Å². The van der Waals surface area contributed by atoms with Crippen LogP contribution in [0.3, 0.4) is 0 Å². The summed E-state index contributed by atoms with van der Waals surface area (Å²) < 4.78 is 0. The third kappa shape index (κ3) is 1.94. The number of Topliss-reactive ketones (excluding diaryl/α,β-unsaturated/α-hetero) is 1. The molecule has 0 bridgehead atoms. The molecule has 0 aromatic heterocycles. The number of rotatable bonds is 2. The van der Waals surface area contributed by atoms with Crippen LogP contribution in [0.15, 0.2) is 4.99 Å². The van der Waals surface area contributed by atoms with Crippen molar-refractivity contribution in [3.05, 3.63) is 0 Å². The molecule has 15 heavy (non-hydrogen) atoms. The fourth-order valence-corrected chi connectivity index (χ4v) is 2.48. The largest absolute Gasteiger partial charge is 0.341 e. The lowest BCUT2D eigenvalue weighted by Crippen LogP contribution is -2.51. The molecule has 0 radical (unpaired) electrons. The van der Waals surface area contributed by atoms with E-state index >= 15 is 0 Å². The molecule has 2 amide bonds. The van der Waals surface area contributed by atoms with Crippen LogP contribution in [0, 0.1) is 5.92 Å². The zero-order valence-electron chi connectivity index (χ0n) is 8.95. The van der Waals surface area contributed by atoms with E-state index < -0.39 is 0 Å². The van der Waals surface area contributed by atoms with Crippen molar-refractivity contribution >= 4 is 17.5 Å². The first-order valence-corrected chi connectivity index (χ1v) is 5.63. The minimum Gasteiger partial charge on any atom is -0.332 e. The van der Waals surface area contributed by atoms with Crippen molar-refractivity contribution in [1.82, 2.24) is 5.32 Å². The molecule has 1 N–H and O–H groups in total. The van der Waals surface area contributed by atoms with Gasteiger partial charge in [0.25, 0.3) is 0 Å². The highest BCUT2D eigenvalue weighted by molar-refractivity contribution is 6.12.